The second kappa shape index (κ2) is 4.78. The van der Waals surface area contributed by atoms with Crippen LogP contribution in [0.2, 0.25) is 5.15 Å². The van der Waals surface area contributed by atoms with Gasteiger partial charge in [0.25, 0.3) is 0 Å². The molecular weight excluding hydrogens is 230 g/mol. The van der Waals surface area contributed by atoms with E-state index in [0.29, 0.717) is 24.2 Å². The number of rotatable bonds is 2. The van der Waals surface area contributed by atoms with Crippen molar-refractivity contribution in [1.82, 2.24) is 4.98 Å². The third-order valence-corrected chi connectivity index (χ3v) is 2.64. The number of pyridine rings is 1. The van der Waals surface area contributed by atoms with Gasteiger partial charge in [0.1, 0.15) is 11.0 Å². The Bertz CT molecular complexity index is 399. The van der Waals surface area contributed by atoms with E-state index in [1.165, 1.54) is 0 Å². The smallest absolute Gasteiger partial charge is 0.232 e. The monoisotopic (exact) mass is 241 g/mol. The van der Waals surface area contributed by atoms with E-state index in [2.05, 4.69) is 10.3 Å². The molecule has 5 nitrogen and oxygen atoms in total. The van der Waals surface area contributed by atoms with E-state index in [1.54, 1.807) is 18.2 Å². The minimum Gasteiger partial charge on any atom is -0.379 e. The van der Waals surface area contributed by atoms with Gasteiger partial charge < -0.3 is 15.8 Å². The van der Waals surface area contributed by atoms with E-state index in [-0.39, 0.29) is 17.9 Å². The van der Waals surface area contributed by atoms with Gasteiger partial charge in [0.2, 0.25) is 5.91 Å². The van der Waals surface area contributed by atoms with Crippen LogP contribution in [0.15, 0.2) is 18.2 Å². The minimum atomic E-state index is -0.319. The van der Waals surface area contributed by atoms with Crippen LogP contribution in [-0.2, 0) is 9.53 Å². The number of carbonyl (C=O) groups excluding carboxylic acids is 1. The third-order valence-electron chi connectivity index (χ3n) is 2.43. The first-order valence-corrected chi connectivity index (χ1v) is 5.31. The highest BCUT2D eigenvalue weighted by Gasteiger charge is 2.31. The second-order valence-electron chi connectivity index (χ2n) is 3.64. The maximum absolute atomic E-state index is 11.8. The van der Waals surface area contributed by atoms with Crippen LogP contribution in [0.4, 0.5) is 5.82 Å². The van der Waals surface area contributed by atoms with Gasteiger partial charge in [-0.15, -0.1) is 0 Å². The van der Waals surface area contributed by atoms with E-state index in [0.717, 1.165) is 0 Å². The number of ether oxygens (including phenoxy) is 1. The van der Waals surface area contributed by atoms with Crippen LogP contribution in [0, 0.1) is 5.92 Å². The molecule has 86 valence electrons. The van der Waals surface area contributed by atoms with Crippen molar-refractivity contribution in [3.05, 3.63) is 23.4 Å². The van der Waals surface area contributed by atoms with E-state index in [4.69, 9.17) is 22.1 Å². The fraction of sp³-hybridized carbons (Fsp3) is 0.400. The predicted molar refractivity (Wildman–Crippen MR) is 60.2 cm³/mol. The molecule has 2 heterocycles. The molecule has 2 unspecified atom stereocenters. The Morgan fingerprint density at radius 3 is 3.00 bits per heavy atom. The molecule has 1 aliphatic rings. The molecule has 0 aliphatic carbocycles. The maximum Gasteiger partial charge on any atom is 0.232 e. The van der Waals surface area contributed by atoms with Crippen molar-refractivity contribution < 1.29 is 9.53 Å². The van der Waals surface area contributed by atoms with Gasteiger partial charge in [-0.05, 0) is 12.1 Å². The van der Waals surface area contributed by atoms with Crippen LogP contribution in [0.1, 0.15) is 0 Å². The summed E-state index contributed by atoms with van der Waals surface area (Å²) in [5.74, 6) is -0.0721. The fourth-order valence-electron chi connectivity index (χ4n) is 1.54. The third kappa shape index (κ3) is 2.49. The van der Waals surface area contributed by atoms with Gasteiger partial charge in [-0.25, -0.2) is 4.98 Å². The Morgan fingerprint density at radius 1 is 1.56 bits per heavy atom. The molecule has 6 heteroatoms. The summed E-state index contributed by atoms with van der Waals surface area (Å²) < 4.78 is 5.12. The van der Waals surface area contributed by atoms with Gasteiger partial charge in [0, 0.05) is 6.04 Å². The van der Waals surface area contributed by atoms with Gasteiger partial charge in [-0.3, -0.25) is 4.79 Å². The molecule has 1 aromatic heterocycles. The van der Waals surface area contributed by atoms with E-state index in [9.17, 15) is 4.79 Å². The molecule has 3 N–H and O–H groups in total. The second-order valence-corrected chi connectivity index (χ2v) is 4.03. The van der Waals surface area contributed by atoms with Crippen LogP contribution in [0.3, 0.4) is 0 Å². The van der Waals surface area contributed by atoms with Gasteiger partial charge >= 0.3 is 0 Å². The van der Waals surface area contributed by atoms with Crippen molar-refractivity contribution in [2.24, 2.45) is 11.7 Å². The highest BCUT2D eigenvalue weighted by molar-refractivity contribution is 6.29. The van der Waals surface area contributed by atoms with Crippen molar-refractivity contribution in [2.45, 2.75) is 6.04 Å². The average Bonchev–Trinajstić information content (AvgIpc) is 2.64. The highest BCUT2D eigenvalue weighted by Crippen LogP contribution is 2.15. The SMILES string of the molecule is NC1COCC1C(=O)Nc1cccc(Cl)n1. The van der Waals surface area contributed by atoms with Gasteiger partial charge in [-0.1, -0.05) is 17.7 Å². The van der Waals surface area contributed by atoms with Gasteiger partial charge in [-0.2, -0.15) is 0 Å². The van der Waals surface area contributed by atoms with Gasteiger partial charge in [0.05, 0.1) is 19.1 Å². The van der Waals surface area contributed by atoms with Crippen LogP contribution in [0.25, 0.3) is 0 Å². The number of hydrogen-bond acceptors (Lipinski definition) is 4. The number of hydrogen-bond donors (Lipinski definition) is 2. The summed E-state index contributed by atoms with van der Waals surface area (Å²) in [6, 6.07) is 4.78. The summed E-state index contributed by atoms with van der Waals surface area (Å²) in [4.78, 5) is 15.7. The lowest BCUT2D eigenvalue weighted by Crippen LogP contribution is -2.37. The standard InChI is InChI=1S/C10H12ClN3O2/c11-8-2-1-3-9(13-8)14-10(15)6-4-16-5-7(6)12/h1-3,6-7H,4-5,12H2,(H,13,14,15). The van der Waals surface area contributed by atoms with Crippen LogP contribution in [-0.4, -0.2) is 30.1 Å². The lowest BCUT2D eigenvalue weighted by molar-refractivity contribution is -0.120. The van der Waals surface area contributed by atoms with Crippen molar-refractivity contribution in [3.63, 3.8) is 0 Å². The number of nitrogens with zero attached hydrogens (tertiary/aromatic N) is 1. The number of anilines is 1. The number of nitrogens with two attached hydrogens (primary N) is 1. The zero-order chi connectivity index (χ0) is 11.5. The molecule has 0 aromatic carbocycles. The van der Waals surface area contributed by atoms with E-state index in [1.807, 2.05) is 0 Å². The van der Waals surface area contributed by atoms with Crippen LogP contribution in [0.5, 0.6) is 0 Å². The lowest BCUT2D eigenvalue weighted by Gasteiger charge is -2.12. The molecule has 1 aromatic rings. The molecule has 2 atom stereocenters. The molecule has 0 saturated carbocycles. The largest absolute Gasteiger partial charge is 0.379 e. The molecule has 0 spiro atoms. The van der Waals surface area contributed by atoms with Crippen molar-refractivity contribution >= 4 is 23.3 Å². The zero-order valence-electron chi connectivity index (χ0n) is 8.52. The quantitative estimate of drug-likeness (QED) is 0.746. The molecule has 1 aliphatic heterocycles. The first-order chi connectivity index (χ1) is 7.66. The van der Waals surface area contributed by atoms with Crippen LogP contribution >= 0.6 is 11.6 Å². The van der Waals surface area contributed by atoms with Crippen LogP contribution < -0.4 is 11.1 Å². The molecule has 0 bridgehead atoms. The van der Waals surface area contributed by atoms with Crippen molar-refractivity contribution in [2.75, 3.05) is 18.5 Å². The number of nitrogens with one attached hydrogen (secondary N) is 1. The number of halogens is 1. The predicted octanol–water partition coefficient (Wildman–Crippen LogP) is 0.647. The Labute approximate surface area is 97.9 Å². The topological polar surface area (TPSA) is 77.2 Å². The highest BCUT2D eigenvalue weighted by atomic mass is 35.5. The Kier molecular flexibility index (Phi) is 3.38. The zero-order valence-corrected chi connectivity index (χ0v) is 9.28. The molecule has 1 amide bonds. The average molecular weight is 242 g/mol. The molecule has 2 rings (SSSR count). The van der Waals surface area contributed by atoms with Crippen molar-refractivity contribution in [3.8, 4) is 0 Å². The van der Waals surface area contributed by atoms with Crippen molar-refractivity contribution in [1.29, 1.82) is 0 Å². The molecule has 1 saturated heterocycles. The summed E-state index contributed by atoms with van der Waals surface area (Å²) in [6.07, 6.45) is 0. The molecule has 1 fully saturated rings. The van der Waals surface area contributed by atoms with Gasteiger partial charge in [0.15, 0.2) is 0 Å². The number of amides is 1. The first kappa shape index (κ1) is 11.3. The number of carbonyl (C=O) groups is 1. The first-order valence-electron chi connectivity index (χ1n) is 4.93. The molecular formula is C10H12ClN3O2. The lowest BCUT2D eigenvalue weighted by atomic mass is 10.0. The van der Waals surface area contributed by atoms with E-state index >= 15 is 0 Å². The Balaban J connectivity index is 2.02. The normalized spacial score (nSPS) is 24.4. The summed E-state index contributed by atoms with van der Waals surface area (Å²) in [5.41, 5.74) is 5.73. The fourth-order valence-corrected chi connectivity index (χ4v) is 1.70. The van der Waals surface area contributed by atoms with E-state index < -0.39 is 0 Å². The Morgan fingerprint density at radius 2 is 2.38 bits per heavy atom. The molecule has 0 radical (unpaired) electrons. The minimum absolute atomic E-state index is 0.181. The molecule has 16 heavy (non-hydrogen) atoms. The maximum atomic E-state index is 11.8. The summed E-state index contributed by atoms with van der Waals surface area (Å²) >= 11 is 5.70. The number of aromatic nitrogens is 1. The summed E-state index contributed by atoms with van der Waals surface area (Å²) in [5, 5.41) is 3.00. The summed E-state index contributed by atoms with van der Waals surface area (Å²) in [7, 11) is 0. The summed E-state index contributed by atoms with van der Waals surface area (Å²) in [6.45, 7) is 0.772. The Hall–Kier alpha value is -1.17.